The molecule has 3 rings (SSSR count). The van der Waals surface area contributed by atoms with E-state index in [1.54, 1.807) is 12.3 Å². The van der Waals surface area contributed by atoms with Gasteiger partial charge in [0.25, 0.3) is 0 Å². The molecule has 0 saturated carbocycles. The van der Waals surface area contributed by atoms with Gasteiger partial charge in [0.15, 0.2) is 0 Å². The lowest BCUT2D eigenvalue weighted by Gasteiger charge is -2.37. The van der Waals surface area contributed by atoms with Crippen LogP contribution in [0.25, 0.3) is 0 Å². The third-order valence-electron chi connectivity index (χ3n) is 5.95. The van der Waals surface area contributed by atoms with Gasteiger partial charge in [-0.15, -0.1) is 0 Å². The first-order valence-corrected chi connectivity index (χ1v) is 11.5. The Morgan fingerprint density at radius 2 is 1.94 bits per heavy atom. The molecule has 174 valence electrons. The van der Waals surface area contributed by atoms with E-state index in [2.05, 4.69) is 27.2 Å². The summed E-state index contributed by atoms with van der Waals surface area (Å²) in [5.41, 5.74) is 6.92. The smallest absolute Gasteiger partial charge is 0.334 e. The Kier molecular flexibility index (Phi) is 8.99. The molecule has 0 spiro atoms. The van der Waals surface area contributed by atoms with Gasteiger partial charge in [0.1, 0.15) is 17.7 Å². The fraction of sp³-hybridized carbons (Fsp3) is 0.522. The number of anilines is 1. The Balaban J connectivity index is 1.43. The summed E-state index contributed by atoms with van der Waals surface area (Å²) in [5.74, 6) is 0.803. The first-order chi connectivity index (χ1) is 15.5. The number of nitrogens with two attached hydrogens (primary N) is 1. The second kappa shape index (κ2) is 11.9. The number of amides is 1. The molecule has 1 aromatic rings. The molecule has 2 aliphatic rings. The van der Waals surface area contributed by atoms with E-state index < -0.39 is 5.97 Å². The van der Waals surface area contributed by atoms with Crippen molar-refractivity contribution in [3.63, 3.8) is 0 Å². The first kappa shape index (κ1) is 24.1. The van der Waals surface area contributed by atoms with Crippen LogP contribution in [-0.4, -0.2) is 66.1 Å². The SMILES string of the molecule is COC(=O)/C=C(/C=C\S)OC1CCN(C(=O)C2CCN(Cc3ccnc(N)c3)CC2)CC1. The number of likely N-dealkylation sites (tertiary alicyclic amines) is 2. The van der Waals surface area contributed by atoms with Gasteiger partial charge in [0, 0.05) is 44.6 Å². The highest BCUT2D eigenvalue weighted by atomic mass is 32.1. The van der Waals surface area contributed by atoms with E-state index >= 15 is 0 Å². The summed E-state index contributed by atoms with van der Waals surface area (Å²) >= 11 is 4.05. The topological polar surface area (TPSA) is 98.0 Å². The molecule has 0 aromatic carbocycles. The predicted octanol–water partition coefficient (Wildman–Crippen LogP) is 2.38. The van der Waals surface area contributed by atoms with Gasteiger partial charge in [0.2, 0.25) is 5.91 Å². The van der Waals surface area contributed by atoms with Crippen molar-refractivity contribution in [3.05, 3.63) is 47.2 Å². The summed E-state index contributed by atoms with van der Waals surface area (Å²) < 4.78 is 10.6. The molecular formula is C23H32N4O4S. The largest absolute Gasteiger partial charge is 0.490 e. The van der Waals surface area contributed by atoms with Crippen molar-refractivity contribution in [2.45, 2.75) is 38.3 Å². The quantitative estimate of drug-likeness (QED) is 0.212. The lowest BCUT2D eigenvalue weighted by atomic mass is 9.94. The zero-order valence-corrected chi connectivity index (χ0v) is 19.4. The van der Waals surface area contributed by atoms with Crippen LogP contribution in [0.2, 0.25) is 0 Å². The molecule has 1 amide bonds. The van der Waals surface area contributed by atoms with Crippen molar-refractivity contribution in [2.75, 3.05) is 39.0 Å². The fourth-order valence-corrected chi connectivity index (χ4v) is 4.35. The average molecular weight is 461 g/mol. The van der Waals surface area contributed by atoms with Crippen LogP contribution in [0.5, 0.6) is 0 Å². The molecule has 0 unspecified atom stereocenters. The molecule has 0 bridgehead atoms. The highest BCUT2D eigenvalue weighted by Gasteiger charge is 2.31. The molecule has 32 heavy (non-hydrogen) atoms. The number of allylic oxidation sites excluding steroid dienone is 1. The number of pyridine rings is 1. The number of carbonyl (C=O) groups excluding carboxylic acids is 2. The maximum Gasteiger partial charge on any atom is 0.334 e. The number of thiol groups is 1. The molecule has 2 saturated heterocycles. The number of ether oxygens (including phenoxy) is 2. The number of nitrogens with zero attached hydrogens (tertiary/aromatic N) is 3. The fourth-order valence-electron chi connectivity index (χ4n) is 4.20. The number of rotatable bonds is 7. The summed E-state index contributed by atoms with van der Waals surface area (Å²) in [6.07, 6.45) is 7.80. The second-order valence-corrected chi connectivity index (χ2v) is 8.47. The number of hydrogen-bond donors (Lipinski definition) is 2. The Bertz CT molecular complexity index is 844. The Morgan fingerprint density at radius 1 is 1.22 bits per heavy atom. The van der Waals surface area contributed by atoms with Crippen LogP contribution in [0.3, 0.4) is 0 Å². The number of esters is 1. The van der Waals surface area contributed by atoms with E-state index in [0.717, 1.165) is 50.9 Å². The van der Waals surface area contributed by atoms with Crippen LogP contribution in [0.1, 0.15) is 31.2 Å². The van der Waals surface area contributed by atoms with Crippen LogP contribution < -0.4 is 5.73 Å². The monoisotopic (exact) mass is 460 g/mol. The average Bonchev–Trinajstić information content (AvgIpc) is 2.80. The highest BCUT2D eigenvalue weighted by molar-refractivity contribution is 7.83. The number of aromatic nitrogens is 1. The lowest BCUT2D eigenvalue weighted by Crippen LogP contribution is -2.46. The normalized spacial score (nSPS) is 19.3. The van der Waals surface area contributed by atoms with Gasteiger partial charge in [-0.25, -0.2) is 9.78 Å². The van der Waals surface area contributed by atoms with Crippen LogP contribution in [0, 0.1) is 5.92 Å². The molecule has 1 aromatic heterocycles. The standard InChI is InChI=1S/C23H32N4O4S/c1-30-22(28)15-20(7-13-32)31-19-5-11-27(12-6-19)23(29)18-3-9-26(10-4-18)16-17-2-8-25-21(24)14-17/h2,7-8,13-15,18-19,32H,3-6,9-12,16H2,1H3,(H2,24,25)/b13-7-,20-15-. The van der Waals surface area contributed by atoms with Crippen LogP contribution in [0.15, 0.2) is 41.6 Å². The molecule has 2 fully saturated rings. The van der Waals surface area contributed by atoms with E-state index in [0.29, 0.717) is 24.7 Å². The van der Waals surface area contributed by atoms with E-state index in [-0.39, 0.29) is 17.9 Å². The predicted molar refractivity (Wildman–Crippen MR) is 126 cm³/mol. The Morgan fingerprint density at radius 3 is 2.56 bits per heavy atom. The minimum absolute atomic E-state index is 0.0471. The van der Waals surface area contributed by atoms with Gasteiger partial charge in [-0.2, -0.15) is 12.6 Å². The summed E-state index contributed by atoms with van der Waals surface area (Å²) in [6, 6.07) is 3.89. The zero-order chi connectivity index (χ0) is 22.9. The minimum Gasteiger partial charge on any atom is -0.490 e. The molecule has 8 nitrogen and oxygen atoms in total. The van der Waals surface area contributed by atoms with Crippen molar-refractivity contribution in [3.8, 4) is 0 Å². The van der Waals surface area contributed by atoms with Gasteiger partial charge in [-0.3, -0.25) is 9.69 Å². The Hall–Kier alpha value is -2.52. The Labute approximate surface area is 194 Å². The maximum absolute atomic E-state index is 13.0. The van der Waals surface area contributed by atoms with E-state index in [9.17, 15) is 9.59 Å². The molecule has 0 atom stereocenters. The third kappa shape index (κ3) is 7.00. The maximum atomic E-state index is 13.0. The second-order valence-electron chi connectivity index (χ2n) is 8.17. The summed E-state index contributed by atoms with van der Waals surface area (Å²) in [6.45, 7) is 3.95. The lowest BCUT2D eigenvalue weighted by molar-refractivity contribution is -0.139. The van der Waals surface area contributed by atoms with Gasteiger partial charge in [-0.05, 0) is 55.1 Å². The number of piperidine rings is 2. The van der Waals surface area contributed by atoms with Crippen molar-refractivity contribution >= 4 is 30.3 Å². The molecule has 2 aliphatic heterocycles. The molecule has 0 radical (unpaired) electrons. The van der Waals surface area contributed by atoms with Gasteiger partial charge >= 0.3 is 5.97 Å². The molecule has 9 heteroatoms. The first-order valence-electron chi connectivity index (χ1n) is 11.0. The van der Waals surface area contributed by atoms with E-state index in [1.807, 2.05) is 17.0 Å². The van der Waals surface area contributed by atoms with Gasteiger partial charge in [-0.1, -0.05) is 0 Å². The highest BCUT2D eigenvalue weighted by Crippen LogP contribution is 2.24. The van der Waals surface area contributed by atoms with E-state index in [1.165, 1.54) is 18.6 Å². The molecule has 3 heterocycles. The van der Waals surface area contributed by atoms with Crippen molar-refractivity contribution in [2.24, 2.45) is 5.92 Å². The van der Waals surface area contributed by atoms with Gasteiger partial charge < -0.3 is 20.1 Å². The summed E-state index contributed by atoms with van der Waals surface area (Å²) in [5, 5.41) is 1.52. The van der Waals surface area contributed by atoms with Crippen LogP contribution in [0.4, 0.5) is 5.82 Å². The minimum atomic E-state index is -0.474. The summed E-state index contributed by atoms with van der Waals surface area (Å²) in [4.78, 5) is 32.9. The van der Waals surface area contributed by atoms with Crippen LogP contribution >= 0.6 is 12.6 Å². The molecule has 0 aliphatic carbocycles. The number of carbonyl (C=O) groups is 2. The van der Waals surface area contributed by atoms with Gasteiger partial charge in [0.05, 0.1) is 13.2 Å². The number of hydrogen-bond acceptors (Lipinski definition) is 8. The van der Waals surface area contributed by atoms with Crippen LogP contribution in [-0.2, 0) is 25.6 Å². The molecular weight excluding hydrogens is 428 g/mol. The van der Waals surface area contributed by atoms with Crippen molar-refractivity contribution in [1.29, 1.82) is 0 Å². The third-order valence-corrected chi connectivity index (χ3v) is 6.09. The number of methoxy groups -OCH3 is 1. The number of nitrogen functional groups attached to an aromatic ring is 1. The van der Waals surface area contributed by atoms with E-state index in [4.69, 9.17) is 10.5 Å². The summed E-state index contributed by atoms with van der Waals surface area (Å²) in [7, 11) is 1.32. The zero-order valence-electron chi connectivity index (χ0n) is 18.5. The molecule has 2 N–H and O–H groups in total. The van der Waals surface area contributed by atoms with Crippen molar-refractivity contribution in [1.82, 2.24) is 14.8 Å². The van der Waals surface area contributed by atoms with Crippen molar-refractivity contribution < 1.29 is 19.1 Å².